The molecule has 7 heteroatoms. The van der Waals surface area contributed by atoms with E-state index in [2.05, 4.69) is 4.90 Å². The molecule has 3 atom stereocenters. The Hall–Kier alpha value is -1.34. The smallest absolute Gasteiger partial charge is 0.226 e. The number of hydrogen-bond donors (Lipinski definition) is 0. The van der Waals surface area contributed by atoms with Gasteiger partial charge in [-0.25, -0.2) is 8.42 Å². The van der Waals surface area contributed by atoms with Crippen LogP contribution in [-0.4, -0.2) is 67.9 Å². The monoisotopic (exact) mass is 338 g/mol. The van der Waals surface area contributed by atoms with Crippen molar-refractivity contribution in [3.8, 4) is 0 Å². The number of carbonyl (C=O) groups is 1. The van der Waals surface area contributed by atoms with Crippen LogP contribution in [0.5, 0.6) is 0 Å². The molecule has 6 nitrogen and oxygen atoms in total. The lowest BCUT2D eigenvalue weighted by molar-refractivity contribution is -0.134. The third-order valence-corrected chi connectivity index (χ3v) is 7.12. The first-order valence-electron chi connectivity index (χ1n) is 8.30. The number of rotatable bonds is 3. The lowest BCUT2D eigenvalue weighted by Crippen LogP contribution is -2.52. The predicted octanol–water partition coefficient (Wildman–Crippen LogP) is 0.714. The van der Waals surface area contributed by atoms with Crippen molar-refractivity contribution in [3.05, 3.63) is 24.2 Å². The highest BCUT2D eigenvalue weighted by Crippen LogP contribution is 2.48. The fourth-order valence-corrected chi connectivity index (χ4v) is 5.65. The summed E-state index contributed by atoms with van der Waals surface area (Å²) in [5, 5.41) is 0. The van der Waals surface area contributed by atoms with Crippen molar-refractivity contribution in [2.24, 2.45) is 5.92 Å². The maximum atomic E-state index is 12.6. The van der Waals surface area contributed by atoms with Crippen molar-refractivity contribution >= 4 is 15.7 Å². The van der Waals surface area contributed by atoms with Crippen LogP contribution in [0.2, 0.25) is 0 Å². The summed E-state index contributed by atoms with van der Waals surface area (Å²) in [5.41, 5.74) is 0. The van der Waals surface area contributed by atoms with Gasteiger partial charge in [0.25, 0.3) is 0 Å². The van der Waals surface area contributed by atoms with Crippen LogP contribution in [0.4, 0.5) is 0 Å². The molecule has 0 N–H and O–H groups in total. The Balaban J connectivity index is 1.29. The van der Waals surface area contributed by atoms with Gasteiger partial charge in [0.15, 0.2) is 9.84 Å². The molecule has 0 bridgehead atoms. The highest BCUT2D eigenvalue weighted by atomic mass is 32.2. The van der Waals surface area contributed by atoms with Crippen LogP contribution >= 0.6 is 0 Å². The molecule has 2 aliphatic heterocycles. The minimum Gasteiger partial charge on any atom is -0.469 e. The summed E-state index contributed by atoms with van der Waals surface area (Å²) in [6, 6.07) is 3.95. The van der Waals surface area contributed by atoms with E-state index in [0.29, 0.717) is 18.8 Å². The molecule has 0 aromatic carbocycles. The molecule has 0 spiro atoms. The molecular formula is C16H22N2O4S. The second kappa shape index (κ2) is 5.63. The Labute approximate surface area is 136 Å². The van der Waals surface area contributed by atoms with Crippen molar-refractivity contribution in [1.82, 2.24) is 9.80 Å². The summed E-state index contributed by atoms with van der Waals surface area (Å²) >= 11 is 0. The highest BCUT2D eigenvalue weighted by molar-refractivity contribution is 7.91. The topological polar surface area (TPSA) is 70.8 Å². The van der Waals surface area contributed by atoms with Crippen LogP contribution in [0.3, 0.4) is 0 Å². The summed E-state index contributed by atoms with van der Waals surface area (Å²) in [6.07, 6.45) is 3.27. The minimum atomic E-state index is -2.84. The fraction of sp³-hybridized carbons (Fsp3) is 0.688. The lowest BCUT2D eigenvalue weighted by atomic mass is 10.1. The van der Waals surface area contributed by atoms with Crippen molar-refractivity contribution in [3.63, 3.8) is 0 Å². The maximum Gasteiger partial charge on any atom is 0.226 e. The van der Waals surface area contributed by atoms with Crippen LogP contribution in [0, 0.1) is 5.92 Å². The Morgan fingerprint density at radius 1 is 1.22 bits per heavy atom. The molecule has 1 amide bonds. The molecular weight excluding hydrogens is 316 g/mol. The Morgan fingerprint density at radius 3 is 2.61 bits per heavy atom. The molecule has 23 heavy (non-hydrogen) atoms. The third kappa shape index (κ3) is 3.04. The molecule has 3 fully saturated rings. The maximum absolute atomic E-state index is 12.6. The minimum absolute atomic E-state index is 0.0690. The molecule has 3 heterocycles. The zero-order chi connectivity index (χ0) is 16.0. The van der Waals surface area contributed by atoms with Crippen LogP contribution in [0.25, 0.3) is 0 Å². The highest BCUT2D eigenvalue weighted by Gasteiger charge is 2.48. The Kier molecular flexibility index (Phi) is 3.72. The van der Waals surface area contributed by atoms with E-state index in [4.69, 9.17) is 4.42 Å². The van der Waals surface area contributed by atoms with Gasteiger partial charge in [0.1, 0.15) is 5.76 Å². The fourth-order valence-electron chi connectivity index (χ4n) is 3.89. The zero-order valence-corrected chi connectivity index (χ0v) is 13.9. The number of sulfone groups is 1. The quantitative estimate of drug-likeness (QED) is 0.812. The zero-order valence-electron chi connectivity index (χ0n) is 13.1. The number of nitrogens with zero attached hydrogens (tertiary/aromatic N) is 2. The van der Waals surface area contributed by atoms with E-state index in [1.165, 1.54) is 0 Å². The second-order valence-corrected chi connectivity index (χ2v) is 9.11. The largest absolute Gasteiger partial charge is 0.469 e. The van der Waals surface area contributed by atoms with Gasteiger partial charge in [-0.1, -0.05) is 0 Å². The Bertz CT molecular complexity index is 677. The van der Waals surface area contributed by atoms with E-state index < -0.39 is 9.84 Å². The number of hydrogen-bond acceptors (Lipinski definition) is 5. The van der Waals surface area contributed by atoms with E-state index in [9.17, 15) is 13.2 Å². The van der Waals surface area contributed by atoms with Gasteiger partial charge in [-0.05, 0) is 25.0 Å². The molecule has 1 aliphatic carbocycles. The van der Waals surface area contributed by atoms with E-state index in [1.807, 2.05) is 17.0 Å². The van der Waals surface area contributed by atoms with Crippen LogP contribution in [-0.2, 0) is 14.6 Å². The van der Waals surface area contributed by atoms with Crippen LogP contribution in [0.15, 0.2) is 22.8 Å². The van der Waals surface area contributed by atoms with E-state index in [0.717, 1.165) is 31.7 Å². The van der Waals surface area contributed by atoms with Gasteiger partial charge < -0.3 is 9.32 Å². The van der Waals surface area contributed by atoms with Crippen molar-refractivity contribution < 1.29 is 17.6 Å². The first-order chi connectivity index (χ1) is 11.0. The number of piperazine rings is 1. The summed E-state index contributed by atoms with van der Waals surface area (Å²) < 4.78 is 28.6. The van der Waals surface area contributed by atoms with Gasteiger partial charge >= 0.3 is 0 Å². The first-order valence-corrected chi connectivity index (χ1v) is 10.1. The van der Waals surface area contributed by atoms with Gasteiger partial charge in [0.05, 0.1) is 17.8 Å². The number of amides is 1. The molecule has 0 radical (unpaired) electrons. The van der Waals surface area contributed by atoms with Gasteiger partial charge in [-0.15, -0.1) is 0 Å². The average molecular weight is 338 g/mol. The third-order valence-electron chi connectivity index (χ3n) is 5.37. The summed E-state index contributed by atoms with van der Waals surface area (Å²) in [7, 11) is -2.84. The molecule has 1 aromatic heterocycles. The second-order valence-electron chi connectivity index (χ2n) is 6.88. The van der Waals surface area contributed by atoms with Crippen LogP contribution < -0.4 is 0 Å². The molecule has 126 valence electrons. The lowest BCUT2D eigenvalue weighted by Gasteiger charge is -2.37. The molecule has 1 saturated carbocycles. The van der Waals surface area contributed by atoms with E-state index in [-0.39, 0.29) is 29.5 Å². The summed E-state index contributed by atoms with van der Waals surface area (Å²) in [6.45, 7) is 2.97. The Morgan fingerprint density at radius 2 is 2.00 bits per heavy atom. The number of carbonyl (C=O) groups excluding carboxylic acids is 1. The van der Waals surface area contributed by atoms with E-state index in [1.54, 1.807) is 6.26 Å². The molecule has 3 aliphatic rings. The van der Waals surface area contributed by atoms with Gasteiger partial charge in [0, 0.05) is 44.1 Å². The van der Waals surface area contributed by atoms with E-state index >= 15 is 0 Å². The SMILES string of the molecule is O=C([C@@H]1C[C@@H]1c1ccco1)N1CCN([C@H]2CCS(=O)(=O)C2)CC1. The summed E-state index contributed by atoms with van der Waals surface area (Å²) in [4.78, 5) is 16.7. The van der Waals surface area contributed by atoms with Gasteiger partial charge in [-0.3, -0.25) is 9.69 Å². The summed E-state index contributed by atoms with van der Waals surface area (Å²) in [5.74, 6) is 2.05. The standard InChI is InChI=1S/C16H22N2O4S/c19-16(14-10-13(14)15-2-1-8-22-15)18-6-4-17(5-7-18)12-3-9-23(20,21)11-12/h1-2,8,12-14H,3-7,9-11H2/t12-,13-,14+/m0/s1. The molecule has 0 unspecified atom stereocenters. The van der Waals surface area contributed by atoms with Gasteiger partial charge in [0.2, 0.25) is 5.91 Å². The number of furan rings is 1. The molecule has 1 aromatic rings. The van der Waals surface area contributed by atoms with Crippen LogP contribution in [0.1, 0.15) is 24.5 Å². The average Bonchev–Trinajstić information content (AvgIpc) is 2.98. The molecule has 2 saturated heterocycles. The van der Waals surface area contributed by atoms with Crippen molar-refractivity contribution in [1.29, 1.82) is 0 Å². The molecule has 4 rings (SSSR count). The predicted molar refractivity (Wildman–Crippen MR) is 84.8 cm³/mol. The van der Waals surface area contributed by atoms with Crippen molar-refractivity contribution in [2.75, 3.05) is 37.7 Å². The van der Waals surface area contributed by atoms with Gasteiger partial charge in [-0.2, -0.15) is 0 Å². The van der Waals surface area contributed by atoms with Crippen molar-refractivity contribution in [2.45, 2.75) is 24.8 Å². The first kappa shape index (κ1) is 15.2. The normalized spacial score (nSPS) is 33.7.